The maximum absolute atomic E-state index is 5.18. The Morgan fingerprint density at radius 1 is 1.17 bits per heavy atom. The number of hydrogen-bond acceptors (Lipinski definition) is 4. The van der Waals surface area contributed by atoms with E-state index in [1.807, 2.05) is 48.8 Å². The third kappa shape index (κ3) is 2.55. The summed E-state index contributed by atoms with van der Waals surface area (Å²) < 4.78 is 6.99. The zero-order valence-electron chi connectivity index (χ0n) is 12.6. The van der Waals surface area contributed by atoms with Crippen molar-refractivity contribution < 1.29 is 4.74 Å². The van der Waals surface area contributed by atoms with Crippen molar-refractivity contribution in [2.24, 2.45) is 0 Å². The van der Waals surface area contributed by atoms with E-state index in [1.165, 1.54) is 0 Å². The SMILES string of the molecule is COc1ccc(Cc2nc3c(-c4cn[nH]c4)cccn3n2)cc1. The van der Waals surface area contributed by atoms with Gasteiger partial charge in [-0.25, -0.2) is 9.50 Å². The molecule has 0 amide bonds. The number of methoxy groups -OCH3 is 1. The molecule has 1 N–H and O–H groups in total. The van der Waals surface area contributed by atoms with Crippen LogP contribution in [0, 0.1) is 0 Å². The Balaban J connectivity index is 1.70. The smallest absolute Gasteiger partial charge is 0.163 e. The highest BCUT2D eigenvalue weighted by Gasteiger charge is 2.10. The number of H-pyrrole nitrogens is 1. The molecule has 6 nitrogen and oxygen atoms in total. The van der Waals surface area contributed by atoms with Crippen molar-refractivity contribution in [3.63, 3.8) is 0 Å². The summed E-state index contributed by atoms with van der Waals surface area (Å²) in [5.41, 5.74) is 3.98. The second kappa shape index (κ2) is 5.57. The Hall–Kier alpha value is -3.15. The second-order valence-corrected chi connectivity index (χ2v) is 5.23. The van der Waals surface area contributed by atoms with Gasteiger partial charge in [0.1, 0.15) is 5.75 Å². The monoisotopic (exact) mass is 305 g/mol. The number of nitrogens with zero attached hydrogens (tertiary/aromatic N) is 4. The molecule has 0 bridgehead atoms. The molecule has 1 aromatic carbocycles. The molecule has 0 spiro atoms. The fourth-order valence-corrected chi connectivity index (χ4v) is 2.57. The maximum atomic E-state index is 5.18. The molecule has 0 unspecified atom stereocenters. The molecule has 0 atom stereocenters. The highest BCUT2D eigenvalue weighted by Crippen LogP contribution is 2.22. The van der Waals surface area contributed by atoms with Gasteiger partial charge in [0.05, 0.1) is 13.3 Å². The Labute approximate surface area is 132 Å². The van der Waals surface area contributed by atoms with Gasteiger partial charge in [0.15, 0.2) is 11.5 Å². The third-order valence-corrected chi connectivity index (χ3v) is 3.74. The summed E-state index contributed by atoms with van der Waals surface area (Å²) in [6, 6.07) is 11.9. The first kappa shape index (κ1) is 13.5. The lowest BCUT2D eigenvalue weighted by molar-refractivity contribution is 0.414. The minimum Gasteiger partial charge on any atom is -0.497 e. The van der Waals surface area contributed by atoms with E-state index in [4.69, 9.17) is 4.74 Å². The normalized spacial score (nSPS) is 11.0. The molecule has 114 valence electrons. The van der Waals surface area contributed by atoms with E-state index >= 15 is 0 Å². The van der Waals surface area contributed by atoms with Gasteiger partial charge in [0.25, 0.3) is 0 Å². The fourth-order valence-electron chi connectivity index (χ4n) is 2.57. The topological polar surface area (TPSA) is 68.1 Å². The number of nitrogens with one attached hydrogen (secondary N) is 1. The van der Waals surface area contributed by atoms with Gasteiger partial charge < -0.3 is 4.74 Å². The van der Waals surface area contributed by atoms with E-state index < -0.39 is 0 Å². The van der Waals surface area contributed by atoms with Crippen LogP contribution in [0.1, 0.15) is 11.4 Å². The molecule has 6 heteroatoms. The van der Waals surface area contributed by atoms with Crippen molar-refractivity contribution in [1.82, 2.24) is 24.8 Å². The van der Waals surface area contributed by atoms with Gasteiger partial charge in [0.2, 0.25) is 0 Å². The van der Waals surface area contributed by atoms with Crippen LogP contribution in [0.3, 0.4) is 0 Å². The zero-order valence-corrected chi connectivity index (χ0v) is 12.6. The molecule has 0 saturated heterocycles. The summed E-state index contributed by atoms with van der Waals surface area (Å²) in [5, 5.41) is 11.4. The third-order valence-electron chi connectivity index (χ3n) is 3.74. The fraction of sp³-hybridized carbons (Fsp3) is 0.118. The van der Waals surface area contributed by atoms with Crippen molar-refractivity contribution >= 4 is 5.65 Å². The Morgan fingerprint density at radius 2 is 2.04 bits per heavy atom. The predicted molar refractivity (Wildman–Crippen MR) is 86.4 cm³/mol. The van der Waals surface area contributed by atoms with Crippen LogP contribution in [0.25, 0.3) is 16.8 Å². The highest BCUT2D eigenvalue weighted by molar-refractivity contribution is 5.76. The average Bonchev–Trinajstić information content (AvgIpc) is 3.24. The number of aromatic amines is 1. The number of rotatable bonds is 4. The average molecular weight is 305 g/mol. The standard InChI is InChI=1S/C17H15N5O/c1-23-14-6-4-12(5-7-14)9-16-20-17-15(13-10-18-19-11-13)3-2-8-22(17)21-16/h2-8,10-11H,9H2,1H3,(H,18,19). The van der Waals surface area contributed by atoms with Crippen molar-refractivity contribution in [3.8, 4) is 16.9 Å². The van der Waals surface area contributed by atoms with E-state index in [0.29, 0.717) is 6.42 Å². The molecule has 4 aromatic rings. The Bertz CT molecular complexity index is 925. The van der Waals surface area contributed by atoms with Gasteiger partial charge in [-0.05, 0) is 29.8 Å². The van der Waals surface area contributed by atoms with Crippen LogP contribution in [0.4, 0.5) is 0 Å². The van der Waals surface area contributed by atoms with E-state index in [0.717, 1.165) is 33.9 Å². The first-order valence-electron chi connectivity index (χ1n) is 7.30. The van der Waals surface area contributed by atoms with Gasteiger partial charge in [-0.2, -0.15) is 10.2 Å². The highest BCUT2D eigenvalue weighted by atomic mass is 16.5. The van der Waals surface area contributed by atoms with Crippen LogP contribution in [-0.4, -0.2) is 31.9 Å². The number of aromatic nitrogens is 5. The predicted octanol–water partition coefficient (Wildman–Crippen LogP) is 2.72. The quantitative estimate of drug-likeness (QED) is 0.629. The second-order valence-electron chi connectivity index (χ2n) is 5.23. The lowest BCUT2D eigenvalue weighted by Crippen LogP contribution is -1.92. The number of pyridine rings is 1. The van der Waals surface area contributed by atoms with E-state index in [2.05, 4.69) is 20.3 Å². The first-order valence-corrected chi connectivity index (χ1v) is 7.30. The van der Waals surface area contributed by atoms with Crippen molar-refractivity contribution in [3.05, 3.63) is 66.4 Å². The first-order chi connectivity index (χ1) is 11.3. The lowest BCUT2D eigenvalue weighted by atomic mass is 10.1. The molecule has 0 radical (unpaired) electrons. The summed E-state index contributed by atoms with van der Waals surface area (Å²) >= 11 is 0. The molecule has 0 aliphatic rings. The van der Waals surface area contributed by atoms with Gasteiger partial charge in [-0.1, -0.05) is 12.1 Å². The number of fused-ring (bicyclic) bond motifs is 1. The largest absolute Gasteiger partial charge is 0.497 e. The lowest BCUT2D eigenvalue weighted by Gasteiger charge is -2.00. The summed E-state index contributed by atoms with van der Waals surface area (Å²) in [7, 11) is 1.66. The molecule has 0 aliphatic heterocycles. The van der Waals surface area contributed by atoms with Gasteiger partial charge in [-0.3, -0.25) is 5.10 Å². The minimum atomic E-state index is 0.677. The molecule has 0 saturated carbocycles. The molecule has 0 aliphatic carbocycles. The van der Waals surface area contributed by atoms with Gasteiger partial charge in [0, 0.05) is 29.9 Å². The van der Waals surface area contributed by atoms with Crippen LogP contribution < -0.4 is 4.74 Å². The van der Waals surface area contributed by atoms with E-state index in [9.17, 15) is 0 Å². The van der Waals surface area contributed by atoms with Crippen LogP contribution in [0.2, 0.25) is 0 Å². The Kier molecular flexibility index (Phi) is 3.27. The molecule has 4 rings (SSSR count). The van der Waals surface area contributed by atoms with E-state index in [1.54, 1.807) is 17.8 Å². The van der Waals surface area contributed by atoms with E-state index in [-0.39, 0.29) is 0 Å². The van der Waals surface area contributed by atoms with Crippen LogP contribution in [0.5, 0.6) is 5.75 Å². The molecular weight excluding hydrogens is 290 g/mol. The number of hydrogen-bond donors (Lipinski definition) is 1. The summed E-state index contributed by atoms with van der Waals surface area (Å²) in [6.07, 6.45) is 6.22. The van der Waals surface area contributed by atoms with Crippen molar-refractivity contribution in [2.45, 2.75) is 6.42 Å². The summed E-state index contributed by atoms with van der Waals surface area (Å²) in [5.74, 6) is 1.63. The summed E-state index contributed by atoms with van der Waals surface area (Å²) in [6.45, 7) is 0. The molecule has 3 aromatic heterocycles. The molecule has 0 fully saturated rings. The number of benzene rings is 1. The summed E-state index contributed by atoms with van der Waals surface area (Å²) in [4.78, 5) is 4.69. The molecule has 23 heavy (non-hydrogen) atoms. The van der Waals surface area contributed by atoms with Gasteiger partial charge >= 0.3 is 0 Å². The van der Waals surface area contributed by atoms with Crippen molar-refractivity contribution in [1.29, 1.82) is 0 Å². The van der Waals surface area contributed by atoms with Crippen molar-refractivity contribution in [2.75, 3.05) is 7.11 Å². The molecular formula is C17H15N5O. The van der Waals surface area contributed by atoms with Gasteiger partial charge in [-0.15, -0.1) is 0 Å². The van der Waals surface area contributed by atoms with Crippen LogP contribution in [-0.2, 0) is 6.42 Å². The van der Waals surface area contributed by atoms with Crippen LogP contribution in [0.15, 0.2) is 55.0 Å². The minimum absolute atomic E-state index is 0.677. The van der Waals surface area contributed by atoms with Crippen LogP contribution >= 0.6 is 0 Å². The zero-order chi connectivity index (χ0) is 15.6. The molecule has 3 heterocycles. The number of ether oxygens (including phenoxy) is 1. The Morgan fingerprint density at radius 3 is 2.78 bits per heavy atom. The maximum Gasteiger partial charge on any atom is 0.163 e.